The molecular formula is C19H14N4O3. The van der Waals surface area contributed by atoms with E-state index in [1.54, 1.807) is 61.7 Å². The van der Waals surface area contributed by atoms with Crippen LogP contribution in [-0.4, -0.2) is 22.0 Å². The highest BCUT2D eigenvalue weighted by Gasteiger charge is 2.10. The van der Waals surface area contributed by atoms with Gasteiger partial charge in [-0.15, -0.1) is 0 Å². The summed E-state index contributed by atoms with van der Waals surface area (Å²) in [5.74, 6) is 1.11. The van der Waals surface area contributed by atoms with Crippen molar-refractivity contribution in [3.05, 3.63) is 76.1 Å². The van der Waals surface area contributed by atoms with Gasteiger partial charge in [0.1, 0.15) is 17.6 Å². The van der Waals surface area contributed by atoms with Crippen LogP contribution in [0.3, 0.4) is 0 Å². The van der Waals surface area contributed by atoms with Gasteiger partial charge in [-0.1, -0.05) is 18.2 Å². The lowest BCUT2D eigenvalue weighted by atomic mass is 10.1. The fourth-order valence-electron chi connectivity index (χ4n) is 2.46. The lowest BCUT2D eigenvalue weighted by molar-refractivity contribution is -0.385. The summed E-state index contributed by atoms with van der Waals surface area (Å²) in [5.41, 5.74) is 2.25. The van der Waals surface area contributed by atoms with E-state index < -0.39 is 4.92 Å². The number of para-hydroxylation sites is 1. The van der Waals surface area contributed by atoms with Gasteiger partial charge in [0.15, 0.2) is 0 Å². The number of fused-ring (bicyclic) bond motifs is 1. The Bertz CT molecular complexity index is 1070. The first kappa shape index (κ1) is 16.9. The lowest BCUT2D eigenvalue weighted by Crippen LogP contribution is -1.90. The van der Waals surface area contributed by atoms with E-state index in [2.05, 4.69) is 16.0 Å². The minimum Gasteiger partial charge on any atom is -0.497 e. The van der Waals surface area contributed by atoms with E-state index in [4.69, 9.17) is 4.74 Å². The van der Waals surface area contributed by atoms with E-state index in [0.29, 0.717) is 28.2 Å². The van der Waals surface area contributed by atoms with Crippen LogP contribution in [0.4, 0.5) is 5.69 Å². The molecular weight excluding hydrogens is 332 g/mol. The number of H-pyrrole nitrogens is 1. The molecule has 0 unspecified atom stereocenters. The van der Waals surface area contributed by atoms with Gasteiger partial charge in [-0.2, -0.15) is 5.26 Å². The van der Waals surface area contributed by atoms with Crippen LogP contribution < -0.4 is 4.74 Å². The Labute approximate surface area is 149 Å². The Morgan fingerprint density at radius 1 is 1.35 bits per heavy atom. The quantitative estimate of drug-likeness (QED) is 0.324. The fourth-order valence-corrected chi connectivity index (χ4v) is 2.46. The maximum Gasteiger partial charge on any atom is 0.276 e. The number of nitriles is 1. The second-order valence-corrected chi connectivity index (χ2v) is 5.34. The van der Waals surface area contributed by atoms with Crippen molar-refractivity contribution in [3.63, 3.8) is 0 Å². The van der Waals surface area contributed by atoms with Crippen molar-refractivity contribution in [1.29, 1.82) is 5.26 Å². The normalized spacial score (nSPS) is 11.6. The molecule has 0 saturated heterocycles. The molecule has 0 atom stereocenters. The first-order valence-electron chi connectivity index (χ1n) is 7.68. The van der Waals surface area contributed by atoms with Gasteiger partial charge in [-0.3, -0.25) is 10.1 Å². The van der Waals surface area contributed by atoms with E-state index in [0.717, 1.165) is 5.52 Å². The predicted octanol–water partition coefficient (Wildman–Crippen LogP) is 4.10. The molecule has 2 aromatic carbocycles. The number of hydrogen-bond acceptors (Lipinski definition) is 5. The van der Waals surface area contributed by atoms with Gasteiger partial charge in [0.05, 0.1) is 34.2 Å². The number of nitrogens with zero attached hydrogens (tertiary/aromatic N) is 3. The van der Waals surface area contributed by atoms with Gasteiger partial charge in [-0.25, -0.2) is 4.98 Å². The van der Waals surface area contributed by atoms with E-state index in [9.17, 15) is 15.4 Å². The van der Waals surface area contributed by atoms with Crippen LogP contribution in [0.15, 0.2) is 54.6 Å². The van der Waals surface area contributed by atoms with Crippen molar-refractivity contribution in [3.8, 4) is 11.8 Å². The average Bonchev–Trinajstić information content (AvgIpc) is 3.08. The minimum atomic E-state index is -0.443. The molecule has 0 amide bonds. The van der Waals surface area contributed by atoms with E-state index >= 15 is 0 Å². The third-order valence-electron chi connectivity index (χ3n) is 3.74. The molecule has 0 saturated carbocycles. The molecule has 3 aromatic rings. The monoisotopic (exact) mass is 346 g/mol. The number of imidazole rings is 1. The first-order chi connectivity index (χ1) is 12.6. The summed E-state index contributed by atoms with van der Waals surface area (Å²) >= 11 is 0. The summed E-state index contributed by atoms with van der Waals surface area (Å²) < 4.78 is 5.17. The molecule has 0 aliphatic carbocycles. The molecule has 0 fully saturated rings. The zero-order valence-electron chi connectivity index (χ0n) is 13.8. The summed E-state index contributed by atoms with van der Waals surface area (Å²) in [7, 11) is 1.58. The number of benzene rings is 2. The van der Waals surface area contributed by atoms with Gasteiger partial charge < -0.3 is 9.72 Å². The smallest absolute Gasteiger partial charge is 0.276 e. The van der Waals surface area contributed by atoms with Crippen molar-refractivity contribution in [2.75, 3.05) is 7.11 Å². The summed E-state index contributed by atoms with van der Waals surface area (Å²) in [6.45, 7) is 0. The predicted molar refractivity (Wildman–Crippen MR) is 98.4 cm³/mol. The number of hydrogen-bond donors (Lipinski definition) is 1. The van der Waals surface area contributed by atoms with Crippen molar-refractivity contribution >= 4 is 28.4 Å². The summed E-state index contributed by atoms with van der Waals surface area (Å²) in [4.78, 5) is 18.0. The Balaban J connectivity index is 1.92. The maximum absolute atomic E-state index is 11.0. The highest BCUT2D eigenvalue weighted by molar-refractivity contribution is 5.83. The third kappa shape index (κ3) is 3.44. The first-order valence-corrected chi connectivity index (χ1v) is 7.68. The summed E-state index contributed by atoms with van der Waals surface area (Å²) in [6.07, 6.45) is 4.74. The van der Waals surface area contributed by atoms with Crippen LogP contribution in [0, 0.1) is 21.4 Å². The Morgan fingerprint density at radius 2 is 2.15 bits per heavy atom. The number of nitrogens with one attached hydrogen (secondary N) is 1. The van der Waals surface area contributed by atoms with Crippen LogP contribution in [-0.2, 0) is 0 Å². The van der Waals surface area contributed by atoms with Crippen LogP contribution in [0.2, 0.25) is 0 Å². The minimum absolute atomic E-state index is 0.00601. The number of ether oxygens (including phenoxy) is 1. The number of aromatic nitrogens is 2. The van der Waals surface area contributed by atoms with Gasteiger partial charge in [0, 0.05) is 12.1 Å². The lowest BCUT2D eigenvalue weighted by Gasteiger charge is -1.96. The molecule has 0 bridgehead atoms. The molecule has 0 aliphatic heterocycles. The van der Waals surface area contributed by atoms with Crippen LogP contribution in [0.25, 0.3) is 22.7 Å². The van der Waals surface area contributed by atoms with E-state index in [-0.39, 0.29) is 5.69 Å². The average molecular weight is 346 g/mol. The van der Waals surface area contributed by atoms with Crippen LogP contribution in [0.1, 0.15) is 11.4 Å². The van der Waals surface area contributed by atoms with Crippen molar-refractivity contribution < 1.29 is 9.66 Å². The summed E-state index contributed by atoms with van der Waals surface area (Å²) in [6, 6.07) is 13.9. The van der Waals surface area contributed by atoms with Gasteiger partial charge in [0.2, 0.25) is 0 Å². The number of methoxy groups -OCH3 is 1. The summed E-state index contributed by atoms with van der Waals surface area (Å²) in [5, 5.41) is 20.4. The largest absolute Gasteiger partial charge is 0.497 e. The van der Waals surface area contributed by atoms with Gasteiger partial charge >= 0.3 is 0 Å². The molecule has 0 radical (unpaired) electrons. The SMILES string of the molecule is COc1ccc2nc(C(C#N)=CC=Cc3ccccc3[N+](=O)[O-])[nH]c2c1. The number of aromatic amines is 1. The number of nitro groups is 1. The third-order valence-corrected chi connectivity index (χ3v) is 3.74. The standard InChI is InChI=1S/C19H14N4O3/c1-26-15-9-10-16-17(11-15)22-19(21-16)14(12-20)7-4-6-13-5-2-3-8-18(13)23(24)25/h2-11H,1H3,(H,21,22). The maximum atomic E-state index is 11.0. The number of rotatable bonds is 5. The Kier molecular flexibility index (Phi) is 4.76. The van der Waals surface area contributed by atoms with Gasteiger partial charge in [0.25, 0.3) is 5.69 Å². The molecule has 1 heterocycles. The zero-order chi connectivity index (χ0) is 18.5. The molecule has 1 aromatic heterocycles. The van der Waals surface area contributed by atoms with Crippen molar-refractivity contribution in [2.24, 2.45) is 0 Å². The van der Waals surface area contributed by atoms with Crippen molar-refractivity contribution in [1.82, 2.24) is 9.97 Å². The molecule has 3 rings (SSSR count). The highest BCUT2D eigenvalue weighted by Crippen LogP contribution is 2.22. The molecule has 7 heteroatoms. The van der Waals surface area contributed by atoms with Crippen LogP contribution in [0.5, 0.6) is 5.75 Å². The zero-order valence-corrected chi connectivity index (χ0v) is 13.8. The Morgan fingerprint density at radius 3 is 2.88 bits per heavy atom. The highest BCUT2D eigenvalue weighted by atomic mass is 16.6. The molecule has 26 heavy (non-hydrogen) atoms. The number of allylic oxidation sites excluding steroid dienone is 3. The van der Waals surface area contributed by atoms with E-state index in [1.807, 2.05) is 0 Å². The van der Waals surface area contributed by atoms with Crippen molar-refractivity contribution in [2.45, 2.75) is 0 Å². The number of nitro benzene ring substituents is 1. The Hall–Kier alpha value is -3.92. The molecule has 0 spiro atoms. The molecule has 1 N–H and O–H groups in total. The topological polar surface area (TPSA) is 105 Å². The fraction of sp³-hybridized carbons (Fsp3) is 0.0526. The second kappa shape index (κ2) is 7.32. The van der Waals surface area contributed by atoms with E-state index in [1.165, 1.54) is 6.07 Å². The van der Waals surface area contributed by atoms with Gasteiger partial charge in [-0.05, 0) is 30.4 Å². The molecule has 0 aliphatic rings. The van der Waals surface area contributed by atoms with Crippen LogP contribution >= 0.6 is 0 Å². The molecule has 128 valence electrons. The molecule has 7 nitrogen and oxygen atoms in total. The second-order valence-electron chi connectivity index (χ2n) is 5.34.